The van der Waals surface area contributed by atoms with Gasteiger partial charge in [-0.15, -0.1) is 0 Å². The Bertz CT molecular complexity index is 1970. The number of carbonyl (C=O) groups is 2. The second kappa shape index (κ2) is 18.2. The molecule has 0 spiro atoms. The van der Waals surface area contributed by atoms with Crippen LogP contribution in [0.4, 0.5) is 9.59 Å². The Morgan fingerprint density at radius 2 is 1.20 bits per heavy atom. The van der Waals surface area contributed by atoms with E-state index >= 15 is 0 Å². The molecule has 230 valence electrons. The Labute approximate surface area is 290 Å². The number of amides is 2. The van der Waals surface area contributed by atoms with Crippen molar-refractivity contribution in [2.24, 2.45) is 0 Å². The number of rotatable bonds is 6. The van der Waals surface area contributed by atoms with E-state index in [9.17, 15) is 19.2 Å². The molecule has 0 aliphatic rings. The predicted octanol–water partition coefficient (Wildman–Crippen LogP) is 6.27. The maximum absolute atomic E-state index is 10.7. The molecule has 6 aromatic rings. The first-order valence-electron chi connectivity index (χ1n) is 12.6. The summed E-state index contributed by atoms with van der Waals surface area (Å²) >= 11 is 0. The molecule has 6 rings (SSSR count). The van der Waals surface area contributed by atoms with E-state index in [0.29, 0.717) is 11.1 Å². The molecule has 0 saturated carbocycles. The molecule has 2 aromatic heterocycles. The third kappa shape index (κ3) is 9.99. The van der Waals surface area contributed by atoms with Gasteiger partial charge in [-0.3, -0.25) is 9.59 Å². The second-order valence-corrected chi connectivity index (χ2v) is 10.7. The van der Waals surface area contributed by atoms with Crippen LogP contribution < -0.4 is 11.1 Å². The minimum atomic E-state index is -0.995. The minimum Gasteiger partial charge on any atom is -0.632 e. The van der Waals surface area contributed by atoms with Gasteiger partial charge in [0.2, 0.25) is 12.2 Å². The van der Waals surface area contributed by atoms with Gasteiger partial charge >= 0.3 is 37.1 Å². The molecule has 2 amide bonds. The quantitative estimate of drug-likeness (QED) is 0.114. The zero-order valence-electron chi connectivity index (χ0n) is 24.2. The van der Waals surface area contributed by atoms with Gasteiger partial charge in [-0.25, -0.2) is 22.0 Å². The summed E-state index contributed by atoms with van der Waals surface area (Å²) in [5.74, 6) is 0. The molecule has 16 heteroatoms. The van der Waals surface area contributed by atoms with Crippen LogP contribution in [-0.2, 0) is 56.2 Å². The summed E-state index contributed by atoms with van der Waals surface area (Å²) in [5, 5.41) is 4.60. The summed E-state index contributed by atoms with van der Waals surface area (Å²) in [6.07, 6.45) is -0.236. The molecule has 0 aliphatic carbocycles. The minimum absolute atomic E-state index is 0. The smallest absolute Gasteiger partial charge is 0.632 e. The SMILES string of the molecule is COC([NH-])=O.COC([NH-])=O.O=[C-]Pc1ncc(-c2ccc3cc4cc(-c5ccc6nc(P[C-]=O)[nH]c6c5)ccc4cc3c2)[nH]1.[V+2].[V+2]. The van der Waals surface area contributed by atoms with Crippen LogP contribution in [0.25, 0.3) is 66.4 Å². The normalized spacial score (nSPS) is 10.4. The van der Waals surface area contributed by atoms with E-state index in [1.165, 1.54) is 0 Å². The number of methoxy groups -OCH3 is 2. The van der Waals surface area contributed by atoms with Crippen LogP contribution in [0.2, 0.25) is 0 Å². The number of fused-ring (bicyclic) bond motifs is 3. The number of H-pyrrole nitrogens is 2. The van der Waals surface area contributed by atoms with Crippen molar-refractivity contribution in [3.05, 3.63) is 84.4 Å². The fourth-order valence-corrected chi connectivity index (χ4v) is 5.11. The molecule has 4 aromatic carbocycles. The zero-order chi connectivity index (χ0) is 31.6. The molecule has 2 radical (unpaired) electrons. The Hall–Kier alpha value is -4.01. The van der Waals surface area contributed by atoms with Gasteiger partial charge in [-0.1, -0.05) is 30.3 Å². The molecule has 12 nitrogen and oxygen atoms in total. The molecular weight excluding hydrogens is 704 g/mol. The van der Waals surface area contributed by atoms with Crippen molar-refractivity contribution < 1.29 is 65.8 Å². The zero-order valence-corrected chi connectivity index (χ0v) is 29.0. The molecule has 4 N–H and O–H groups in total. The maximum Gasteiger partial charge on any atom is 2.00 e. The molecule has 2 heterocycles. The molecule has 46 heavy (non-hydrogen) atoms. The van der Waals surface area contributed by atoms with E-state index in [-0.39, 0.29) is 54.3 Å². The summed E-state index contributed by atoms with van der Waals surface area (Å²) in [6, 6.07) is 27.0. The van der Waals surface area contributed by atoms with Gasteiger partial charge in [0.25, 0.3) is 0 Å². The second-order valence-electron chi connectivity index (χ2n) is 8.88. The Morgan fingerprint density at radius 1 is 0.696 bits per heavy atom. The maximum atomic E-state index is 10.7. The fraction of sp³-hybridized carbons (Fsp3) is 0.0667. The number of nitrogens with zero attached hydrogens (tertiary/aromatic N) is 2. The van der Waals surface area contributed by atoms with E-state index in [1.807, 2.05) is 18.1 Å². The molecular formula is C30H24N6O6P2V2. The number of aromatic nitrogens is 4. The summed E-state index contributed by atoms with van der Waals surface area (Å²) in [5.41, 5.74) is 19.1. The van der Waals surface area contributed by atoms with Crippen LogP contribution in [0.1, 0.15) is 0 Å². The average molecular weight is 728 g/mol. The van der Waals surface area contributed by atoms with Crippen molar-refractivity contribution in [2.75, 3.05) is 14.2 Å². The first-order chi connectivity index (χ1) is 21.2. The van der Waals surface area contributed by atoms with Crippen molar-refractivity contribution in [2.45, 2.75) is 0 Å². The number of carbonyl (C=O) groups excluding carboxylic acids is 4. The third-order valence-corrected chi connectivity index (χ3v) is 7.38. The molecule has 2 unspecified atom stereocenters. The largest absolute Gasteiger partial charge is 2.00 e. The van der Waals surface area contributed by atoms with Gasteiger partial charge in [-0.05, 0) is 69.1 Å². The van der Waals surface area contributed by atoms with Crippen LogP contribution in [0.3, 0.4) is 0 Å². The van der Waals surface area contributed by atoms with Crippen molar-refractivity contribution >= 4 is 85.1 Å². The third-order valence-electron chi connectivity index (χ3n) is 6.21. The Morgan fingerprint density at radius 3 is 1.76 bits per heavy atom. The van der Waals surface area contributed by atoms with E-state index in [0.717, 1.165) is 69.2 Å². The first kappa shape index (κ1) is 38.2. The van der Waals surface area contributed by atoms with Gasteiger partial charge in [0.15, 0.2) is 0 Å². The average Bonchev–Trinajstić information content (AvgIpc) is 3.67. The standard InChI is InChI=1S/C26H16N4O2P2.2C2H5NO2.2V/c31-13-33-25-27-12-24(30-25)19-4-3-17-8-20-7-15(1-2-16(20)9-21(17)10-19)18-5-6-22-23(11-18)29-26(28-22)34-14-32;2*1-5-2(3)4;;/h1-12,33-34H,(H,27,30)(H,28,29);2*1H3,(H2,3,4);;/q-2;;;2*+2/p-2. The number of nitrogens with one attached hydrogen (secondary N) is 4. The number of aromatic amines is 2. The van der Waals surface area contributed by atoms with E-state index < -0.39 is 12.2 Å². The van der Waals surface area contributed by atoms with Crippen LogP contribution in [0.5, 0.6) is 0 Å². The van der Waals surface area contributed by atoms with E-state index in [4.69, 9.17) is 11.5 Å². The Kier molecular flexibility index (Phi) is 15.1. The van der Waals surface area contributed by atoms with Gasteiger partial charge in [0, 0.05) is 5.56 Å². The van der Waals surface area contributed by atoms with Gasteiger partial charge in [0.1, 0.15) is 0 Å². The van der Waals surface area contributed by atoms with Crippen LogP contribution in [0, 0.1) is 0 Å². The van der Waals surface area contributed by atoms with Crippen LogP contribution in [0.15, 0.2) is 72.9 Å². The van der Waals surface area contributed by atoms with Gasteiger partial charge in [-0.2, -0.15) is 17.2 Å². The monoisotopic (exact) mass is 728 g/mol. The summed E-state index contributed by atoms with van der Waals surface area (Å²) in [7, 11) is 2.14. The summed E-state index contributed by atoms with van der Waals surface area (Å²) in [6.45, 7) is 0. The van der Waals surface area contributed by atoms with E-state index in [1.54, 1.807) is 6.20 Å². The first-order valence-corrected chi connectivity index (χ1v) is 14.6. The molecule has 2 atom stereocenters. The fourth-order valence-electron chi connectivity index (χ4n) is 4.22. The van der Waals surface area contributed by atoms with E-state index in [2.05, 4.69) is 90.1 Å². The number of hydrogen-bond donors (Lipinski definition) is 2. The Balaban J connectivity index is 0.000000540. The van der Waals surface area contributed by atoms with Crippen LogP contribution >= 0.6 is 17.2 Å². The van der Waals surface area contributed by atoms with Crippen molar-refractivity contribution in [3.8, 4) is 22.4 Å². The molecule has 0 fully saturated rings. The topological polar surface area (TPSA) is 192 Å². The van der Waals surface area contributed by atoms with Crippen molar-refractivity contribution in [1.82, 2.24) is 19.9 Å². The summed E-state index contributed by atoms with van der Waals surface area (Å²) < 4.78 is 7.56. The summed E-state index contributed by atoms with van der Waals surface area (Å²) in [4.78, 5) is 54.9. The number of ether oxygens (including phenoxy) is 2. The van der Waals surface area contributed by atoms with Crippen molar-refractivity contribution in [3.63, 3.8) is 0 Å². The van der Waals surface area contributed by atoms with Gasteiger partial charge in [0.05, 0.1) is 48.3 Å². The molecule has 0 saturated heterocycles. The molecule has 0 aliphatic heterocycles. The van der Waals surface area contributed by atoms with Gasteiger partial charge < -0.3 is 40.5 Å². The predicted molar refractivity (Wildman–Crippen MR) is 175 cm³/mol. The van der Waals surface area contributed by atoms with Crippen LogP contribution in [-0.4, -0.2) is 58.4 Å². The number of benzene rings is 4. The molecule has 0 bridgehead atoms. The number of hydrogen-bond acceptors (Lipinski definition) is 8. The van der Waals surface area contributed by atoms with Crippen molar-refractivity contribution in [1.29, 1.82) is 0 Å². The number of imidazole rings is 2.